The first-order chi connectivity index (χ1) is 15.9. The Bertz CT molecular complexity index is 867. The summed E-state index contributed by atoms with van der Waals surface area (Å²) >= 11 is 0. The van der Waals surface area contributed by atoms with Crippen LogP contribution in [0.25, 0.3) is 0 Å². The van der Waals surface area contributed by atoms with Crippen molar-refractivity contribution < 1.29 is 34.1 Å². The highest BCUT2D eigenvalue weighted by atomic mass is 16.5. The maximum atomic E-state index is 13.6. The lowest BCUT2D eigenvalue weighted by atomic mass is 9.41. The van der Waals surface area contributed by atoms with E-state index in [0.29, 0.717) is 38.5 Å². The highest BCUT2D eigenvalue weighted by Crippen LogP contribution is 2.69. The van der Waals surface area contributed by atoms with E-state index in [0.717, 1.165) is 19.3 Å². The molecule has 4 fully saturated rings. The molecule has 34 heavy (non-hydrogen) atoms. The minimum atomic E-state index is -0.782. The molecule has 0 aromatic carbocycles. The van der Waals surface area contributed by atoms with Crippen LogP contribution in [0.2, 0.25) is 0 Å². The van der Waals surface area contributed by atoms with Gasteiger partial charge < -0.3 is 14.9 Å². The Morgan fingerprint density at radius 2 is 1.76 bits per heavy atom. The minimum Gasteiger partial charge on any atom is -0.481 e. The third kappa shape index (κ3) is 3.78. The molecule has 0 unspecified atom stereocenters. The van der Waals surface area contributed by atoms with Crippen molar-refractivity contribution in [2.75, 3.05) is 7.11 Å². The fourth-order valence-electron chi connectivity index (χ4n) is 9.14. The van der Waals surface area contributed by atoms with Crippen molar-refractivity contribution in [2.24, 2.45) is 58.2 Å². The number of carboxylic acids is 2. The summed E-state index contributed by atoms with van der Waals surface area (Å²) in [6.45, 7) is 6.41. The molecule has 0 aromatic heterocycles. The van der Waals surface area contributed by atoms with E-state index in [1.807, 2.05) is 0 Å². The van der Waals surface area contributed by atoms with Crippen molar-refractivity contribution in [3.05, 3.63) is 0 Å². The van der Waals surface area contributed by atoms with Gasteiger partial charge in [-0.1, -0.05) is 20.8 Å². The topological polar surface area (TPSA) is 118 Å². The van der Waals surface area contributed by atoms with Crippen LogP contribution in [0.5, 0.6) is 0 Å². The normalized spacial score (nSPS) is 44.4. The molecule has 0 saturated heterocycles. The van der Waals surface area contributed by atoms with Gasteiger partial charge in [0.25, 0.3) is 0 Å². The van der Waals surface area contributed by atoms with Crippen LogP contribution in [0.3, 0.4) is 0 Å². The summed E-state index contributed by atoms with van der Waals surface area (Å²) in [5, 5.41) is 20.0. The van der Waals surface area contributed by atoms with Crippen molar-refractivity contribution in [3.63, 3.8) is 0 Å². The van der Waals surface area contributed by atoms with Gasteiger partial charge in [-0.2, -0.15) is 0 Å². The van der Waals surface area contributed by atoms with E-state index in [4.69, 9.17) is 4.74 Å². The molecule has 4 saturated carbocycles. The Balaban J connectivity index is 1.65. The first-order valence-electron chi connectivity index (χ1n) is 13.0. The standard InChI is InChI=1S/C27H40O7/c1-14(5-8-22(29)34-4)17-6-7-18-23-19(13-20(25(32)33)27(17,18)3)26(2)10-9-15(24(30)31)11-16(26)12-21(23)28/h14-20,23H,5-13H2,1-4H3,(H,30,31)(H,32,33)/t14-,15+,16-,17+,18-,19-,20+,23-,26-,27+/m0/s1. The lowest BCUT2D eigenvalue weighted by molar-refractivity contribution is -0.182. The van der Waals surface area contributed by atoms with Gasteiger partial charge in [0.2, 0.25) is 0 Å². The fourth-order valence-corrected chi connectivity index (χ4v) is 9.14. The zero-order valence-corrected chi connectivity index (χ0v) is 20.9. The fraction of sp³-hybridized carbons (Fsp3) is 0.852. The van der Waals surface area contributed by atoms with Gasteiger partial charge in [-0.25, -0.2) is 0 Å². The van der Waals surface area contributed by atoms with Gasteiger partial charge in [0.1, 0.15) is 5.78 Å². The highest BCUT2D eigenvalue weighted by Gasteiger charge is 2.67. The number of methoxy groups -OCH3 is 1. The summed E-state index contributed by atoms with van der Waals surface area (Å²) in [5.74, 6) is -2.31. The number of rotatable bonds is 6. The molecule has 0 amide bonds. The molecule has 4 aliphatic rings. The molecular weight excluding hydrogens is 436 g/mol. The molecule has 190 valence electrons. The van der Waals surface area contributed by atoms with E-state index in [1.165, 1.54) is 7.11 Å². The van der Waals surface area contributed by atoms with Gasteiger partial charge in [-0.3, -0.25) is 19.2 Å². The van der Waals surface area contributed by atoms with Crippen LogP contribution in [0.15, 0.2) is 0 Å². The van der Waals surface area contributed by atoms with Gasteiger partial charge in [-0.15, -0.1) is 0 Å². The quantitative estimate of drug-likeness (QED) is 0.545. The van der Waals surface area contributed by atoms with Crippen LogP contribution in [0.4, 0.5) is 0 Å². The minimum absolute atomic E-state index is 0.00297. The molecule has 4 rings (SSSR count). The predicted molar refractivity (Wildman–Crippen MR) is 124 cm³/mol. The van der Waals surface area contributed by atoms with Crippen molar-refractivity contribution in [2.45, 2.75) is 78.6 Å². The zero-order valence-electron chi connectivity index (χ0n) is 20.9. The smallest absolute Gasteiger partial charge is 0.307 e. The van der Waals surface area contributed by atoms with Crippen LogP contribution >= 0.6 is 0 Å². The number of aliphatic carboxylic acids is 2. The second-order valence-electron chi connectivity index (χ2n) is 12.2. The largest absolute Gasteiger partial charge is 0.481 e. The molecule has 0 radical (unpaired) electrons. The molecule has 0 bridgehead atoms. The molecule has 0 heterocycles. The Kier molecular flexibility index (Phi) is 6.62. The van der Waals surface area contributed by atoms with E-state index >= 15 is 0 Å². The van der Waals surface area contributed by atoms with Crippen molar-refractivity contribution in [1.82, 2.24) is 0 Å². The van der Waals surface area contributed by atoms with Crippen LogP contribution in [-0.4, -0.2) is 41.0 Å². The monoisotopic (exact) mass is 476 g/mol. The van der Waals surface area contributed by atoms with Gasteiger partial charge in [0.15, 0.2) is 0 Å². The summed E-state index contributed by atoms with van der Waals surface area (Å²) in [7, 11) is 1.38. The molecule has 4 aliphatic carbocycles. The summed E-state index contributed by atoms with van der Waals surface area (Å²) < 4.78 is 4.81. The summed E-state index contributed by atoms with van der Waals surface area (Å²) in [4.78, 5) is 49.7. The molecule has 10 atom stereocenters. The summed E-state index contributed by atoms with van der Waals surface area (Å²) in [6, 6.07) is 0. The number of Topliss-reactive ketones (excluding diaryl/α,β-unsaturated/α-hetero) is 1. The Hall–Kier alpha value is -1.92. The summed E-state index contributed by atoms with van der Waals surface area (Å²) in [5.41, 5.74) is -0.673. The summed E-state index contributed by atoms with van der Waals surface area (Å²) in [6.07, 6.45) is 5.49. The van der Waals surface area contributed by atoms with Crippen molar-refractivity contribution in [1.29, 1.82) is 0 Å². The molecular formula is C27H40O7. The third-order valence-electron chi connectivity index (χ3n) is 11.1. The van der Waals surface area contributed by atoms with E-state index in [-0.39, 0.29) is 52.7 Å². The molecule has 7 heteroatoms. The number of ketones is 1. The Labute approximate surface area is 202 Å². The number of carbonyl (C=O) groups is 4. The third-order valence-corrected chi connectivity index (χ3v) is 11.1. The highest BCUT2D eigenvalue weighted by molar-refractivity contribution is 5.84. The van der Waals surface area contributed by atoms with Crippen LogP contribution in [0, 0.1) is 58.2 Å². The predicted octanol–water partition coefficient (Wildman–Crippen LogP) is 4.43. The molecule has 0 spiro atoms. The van der Waals surface area contributed by atoms with Gasteiger partial charge in [0, 0.05) is 18.8 Å². The average molecular weight is 477 g/mol. The lowest BCUT2D eigenvalue weighted by Gasteiger charge is -2.61. The number of esters is 1. The van der Waals surface area contributed by atoms with Gasteiger partial charge in [-0.05, 0) is 85.4 Å². The maximum absolute atomic E-state index is 13.6. The van der Waals surface area contributed by atoms with Crippen LogP contribution in [0.1, 0.15) is 78.6 Å². The molecule has 0 aromatic rings. The number of fused-ring (bicyclic) bond motifs is 5. The van der Waals surface area contributed by atoms with Crippen LogP contribution < -0.4 is 0 Å². The number of hydrogen-bond acceptors (Lipinski definition) is 5. The van der Waals surface area contributed by atoms with E-state index in [9.17, 15) is 29.4 Å². The van der Waals surface area contributed by atoms with Gasteiger partial charge in [0.05, 0.1) is 18.9 Å². The number of ether oxygens (including phenoxy) is 1. The zero-order chi connectivity index (χ0) is 25.0. The lowest BCUT2D eigenvalue weighted by Crippen LogP contribution is -2.61. The van der Waals surface area contributed by atoms with E-state index in [1.54, 1.807) is 0 Å². The second kappa shape index (κ2) is 8.94. The van der Waals surface area contributed by atoms with E-state index in [2.05, 4.69) is 20.8 Å². The Morgan fingerprint density at radius 1 is 1.06 bits per heavy atom. The van der Waals surface area contributed by atoms with Crippen LogP contribution in [-0.2, 0) is 23.9 Å². The van der Waals surface area contributed by atoms with Crippen molar-refractivity contribution >= 4 is 23.7 Å². The molecule has 2 N–H and O–H groups in total. The average Bonchev–Trinajstić information content (AvgIpc) is 3.14. The maximum Gasteiger partial charge on any atom is 0.307 e. The van der Waals surface area contributed by atoms with Gasteiger partial charge >= 0.3 is 17.9 Å². The SMILES string of the molecule is COC(=O)CC[C@H](C)[C@H]1CC[C@H]2[C@@H]3C(=O)C[C@@H]4C[C@H](C(=O)O)CC[C@]4(C)[C@H]3C[C@H](C(=O)O)[C@]12C. The Morgan fingerprint density at radius 3 is 2.38 bits per heavy atom. The molecule has 7 nitrogen and oxygen atoms in total. The first-order valence-corrected chi connectivity index (χ1v) is 13.0. The number of hydrogen-bond donors (Lipinski definition) is 2. The number of carbonyl (C=O) groups excluding carboxylic acids is 2. The van der Waals surface area contributed by atoms with Crippen molar-refractivity contribution in [3.8, 4) is 0 Å². The first kappa shape index (κ1) is 25.2. The second-order valence-corrected chi connectivity index (χ2v) is 12.2. The molecule has 0 aliphatic heterocycles. The van der Waals surface area contributed by atoms with E-state index < -0.39 is 29.2 Å². The number of carboxylic acid groups (broad SMARTS) is 2.